The minimum absolute atomic E-state index is 0.115. The van der Waals surface area contributed by atoms with E-state index < -0.39 is 5.97 Å². The van der Waals surface area contributed by atoms with E-state index in [1.165, 1.54) is 7.11 Å². The molecule has 0 radical (unpaired) electrons. The van der Waals surface area contributed by atoms with Crippen molar-refractivity contribution in [3.05, 3.63) is 57.5 Å². The van der Waals surface area contributed by atoms with Crippen LogP contribution in [-0.4, -0.2) is 19.0 Å². The largest absolute Gasteiger partial charge is 0.465 e. The highest BCUT2D eigenvalue weighted by Crippen LogP contribution is 2.15. The zero-order valence-electron chi connectivity index (χ0n) is 12.3. The summed E-state index contributed by atoms with van der Waals surface area (Å²) in [5.41, 5.74) is 1.30. The lowest BCUT2D eigenvalue weighted by Gasteiger charge is -2.03. The molecule has 0 unspecified atom stereocenters. The summed E-state index contributed by atoms with van der Waals surface area (Å²) >= 11 is 3.35. The Bertz CT molecular complexity index is 676. The lowest BCUT2D eigenvalue weighted by molar-refractivity contribution is -0.120. The highest BCUT2D eigenvalue weighted by atomic mass is 79.9. The van der Waals surface area contributed by atoms with Gasteiger partial charge in [0, 0.05) is 4.47 Å². The molecule has 0 fully saturated rings. The molecule has 0 bridgehead atoms. The Morgan fingerprint density at radius 3 is 2.59 bits per heavy atom. The number of amides is 1. The number of carbonyl (C=O) groups excluding carboxylic acids is 2. The molecule has 0 saturated carbocycles. The number of carbonyl (C=O) groups is 2. The van der Waals surface area contributed by atoms with Gasteiger partial charge in [-0.05, 0) is 30.7 Å². The lowest BCUT2D eigenvalue weighted by atomic mass is 10.1. The molecule has 2 rings (SSSR count). The third-order valence-corrected chi connectivity index (χ3v) is 3.64. The molecule has 0 aliphatic carbocycles. The maximum atomic E-state index is 11.9. The van der Waals surface area contributed by atoms with Crippen LogP contribution < -0.4 is 5.32 Å². The molecule has 22 heavy (non-hydrogen) atoms. The summed E-state index contributed by atoms with van der Waals surface area (Å²) < 4.78 is 11.1. The van der Waals surface area contributed by atoms with E-state index in [-0.39, 0.29) is 18.9 Å². The van der Waals surface area contributed by atoms with Crippen molar-refractivity contribution in [2.24, 2.45) is 0 Å². The second-order valence-corrected chi connectivity index (χ2v) is 5.67. The maximum absolute atomic E-state index is 11.9. The number of ether oxygens (including phenoxy) is 1. The van der Waals surface area contributed by atoms with Crippen LogP contribution in [0.4, 0.5) is 0 Å². The Morgan fingerprint density at radius 2 is 1.95 bits per heavy atom. The van der Waals surface area contributed by atoms with Crippen molar-refractivity contribution in [1.29, 1.82) is 0 Å². The van der Waals surface area contributed by atoms with Crippen LogP contribution in [0.3, 0.4) is 0 Å². The van der Waals surface area contributed by atoms with E-state index in [9.17, 15) is 9.59 Å². The number of hydrogen-bond donors (Lipinski definition) is 1. The topological polar surface area (TPSA) is 68.5 Å². The molecule has 6 heteroatoms. The molecule has 0 atom stereocenters. The van der Waals surface area contributed by atoms with Gasteiger partial charge in [0.05, 0.1) is 20.1 Å². The number of furan rings is 1. The molecule has 1 N–H and O–H groups in total. The summed E-state index contributed by atoms with van der Waals surface area (Å²) in [5, 5.41) is 2.76. The van der Waals surface area contributed by atoms with Crippen LogP contribution in [0.25, 0.3) is 0 Å². The first-order valence-corrected chi connectivity index (χ1v) is 7.47. The molecule has 1 aromatic heterocycles. The SMILES string of the molecule is COC(=O)c1cc(CNC(=O)Cc2ccc(Br)cc2)oc1C. The van der Waals surface area contributed by atoms with Crippen molar-refractivity contribution in [1.82, 2.24) is 5.32 Å². The van der Waals surface area contributed by atoms with E-state index in [1.807, 2.05) is 24.3 Å². The van der Waals surface area contributed by atoms with Gasteiger partial charge in [-0.3, -0.25) is 4.79 Å². The number of methoxy groups -OCH3 is 1. The summed E-state index contributed by atoms with van der Waals surface area (Å²) in [6, 6.07) is 9.13. The lowest BCUT2D eigenvalue weighted by Crippen LogP contribution is -2.24. The van der Waals surface area contributed by atoms with Crippen LogP contribution in [0.15, 0.2) is 39.2 Å². The first-order valence-electron chi connectivity index (χ1n) is 6.68. The third kappa shape index (κ3) is 4.21. The third-order valence-electron chi connectivity index (χ3n) is 3.11. The summed E-state index contributed by atoms with van der Waals surface area (Å²) in [5.74, 6) is 0.427. The van der Waals surface area contributed by atoms with Crippen molar-refractivity contribution < 1.29 is 18.7 Å². The summed E-state index contributed by atoms with van der Waals surface area (Å²) in [7, 11) is 1.31. The van der Waals surface area contributed by atoms with Gasteiger partial charge in [0.1, 0.15) is 17.1 Å². The van der Waals surface area contributed by atoms with Gasteiger partial charge in [0.2, 0.25) is 5.91 Å². The first kappa shape index (κ1) is 16.3. The van der Waals surface area contributed by atoms with E-state index in [0.717, 1.165) is 10.0 Å². The van der Waals surface area contributed by atoms with Gasteiger partial charge in [-0.25, -0.2) is 4.79 Å². The van der Waals surface area contributed by atoms with E-state index in [0.29, 0.717) is 17.1 Å². The van der Waals surface area contributed by atoms with Crippen molar-refractivity contribution in [2.45, 2.75) is 19.9 Å². The Kier molecular flexibility index (Phi) is 5.38. The van der Waals surface area contributed by atoms with Crippen LogP contribution in [-0.2, 0) is 22.5 Å². The quantitative estimate of drug-likeness (QED) is 0.826. The number of rotatable bonds is 5. The zero-order valence-corrected chi connectivity index (χ0v) is 13.9. The highest BCUT2D eigenvalue weighted by Gasteiger charge is 2.15. The van der Waals surface area contributed by atoms with Crippen LogP contribution in [0.1, 0.15) is 27.4 Å². The molecular formula is C16H16BrNO4. The molecule has 0 spiro atoms. The van der Waals surface area contributed by atoms with Gasteiger partial charge >= 0.3 is 5.97 Å². The molecule has 0 saturated heterocycles. The number of aryl methyl sites for hydroxylation is 1. The van der Waals surface area contributed by atoms with Crippen LogP contribution in [0, 0.1) is 6.92 Å². The number of halogens is 1. The molecule has 5 nitrogen and oxygen atoms in total. The van der Waals surface area contributed by atoms with Crippen molar-refractivity contribution in [3.63, 3.8) is 0 Å². The molecule has 0 aliphatic rings. The van der Waals surface area contributed by atoms with Gasteiger partial charge in [-0.2, -0.15) is 0 Å². The fraction of sp³-hybridized carbons (Fsp3) is 0.250. The summed E-state index contributed by atoms with van der Waals surface area (Å²) in [6.07, 6.45) is 0.289. The number of nitrogens with one attached hydrogen (secondary N) is 1. The second kappa shape index (κ2) is 7.26. The normalized spacial score (nSPS) is 10.3. The standard InChI is InChI=1S/C16H16BrNO4/c1-10-14(16(20)21-2)8-13(22-10)9-18-15(19)7-11-3-5-12(17)6-4-11/h3-6,8H,7,9H2,1-2H3,(H,18,19). The van der Waals surface area contributed by atoms with Crippen molar-refractivity contribution >= 4 is 27.8 Å². The van der Waals surface area contributed by atoms with E-state index in [2.05, 4.69) is 26.0 Å². The molecule has 1 heterocycles. The number of esters is 1. The average Bonchev–Trinajstić information content (AvgIpc) is 2.88. The maximum Gasteiger partial charge on any atom is 0.341 e. The van der Waals surface area contributed by atoms with Gasteiger partial charge in [-0.1, -0.05) is 28.1 Å². The van der Waals surface area contributed by atoms with Crippen molar-refractivity contribution in [2.75, 3.05) is 7.11 Å². The van der Waals surface area contributed by atoms with Crippen LogP contribution in [0.2, 0.25) is 0 Å². The van der Waals surface area contributed by atoms with E-state index in [4.69, 9.17) is 4.42 Å². The minimum Gasteiger partial charge on any atom is -0.465 e. The van der Waals surface area contributed by atoms with Crippen LogP contribution >= 0.6 is 15.9 Å². The predicted molar refractivity (Wildman–Crippen MR) is 84.5 cm³/mol. The number of hydrogen-bond acceptors (Lipinski definition) is 4. The fourth-order valence-electron chi connectivity index (χ4n) is 1.98. The van der Waals surface area contributed by atoms with Crippen LogP contribution in [0.5, 0.6) is 0 Å². The second-order valence-electron chi connectivity index (χ2n) is 4.75. The van der Waals surface area contributed by atoms with Gasteiger partial charge in [-0.15, -0.1) is 0 Å². The summed E-state index contributed by atoms with van der Waals surface area (Å²) in [6.45, 7) is 1.91. The van der Waals surface area contributed by atoms with Gasteiger partial charge < -0.3 is 14.5 Å². The first-order chi connectivity index (χ1) is 10.5. The Hall–Kier alpha value is -2.08. The molecule has 2 aromatic rings. The molecule has 1 amide bonds. The monoisotopic (exact) mass is 365 g/mol. The summed E-state index contributed by atoms with van der Waals surface area (Å²) in [4.78, 5) is 23.4. The van der Waals surface area contributed by atoms with Gasteiger partial charge in [0.15, 0.2) is 0 Å². The Morgan fingerprint density at radius 1 is 1.27 bits per heavy atom. The molecule has 116 valence electrons. The molecule has 0 aliphatic heterocycles. The molecule has 1 aromatic carbocycles. The smallest absolute Gasteiger partial charge is 0.341 e. The van der Waals surface area contributed by atoms with E-state index in [1.54, 1.807) is 13.0 Å². The van der Waals surface area contributed by atoms with Crippen molar-refractivity contribution in [3.8, 4) is 0 Å². The zero-order chi connectivity index (χ0) is 16.1. The number of benzene rings is 1. The van der Waals surface area contributed by atoms with E-state index >= 15 is 0 Å². The molecular weight excluding hydrogens is 350 g/mol. The Labute approximate surface area is 136 Å². The average molecular weight is 366 g/mol. The minimum atomic E-state index is -0.450. The van der Waals surface area contributed by atoms with Gasteiger partial charge in [0.25, 0.3) is 0 Å². The highest BCUT2D eigenvalue weighted by molar-refractivity contribution is 9.10. The predicted octanol–water partition coefficient (Wildman–Crippen LogP) is 3.00. The Balaban J connectivity index is 1.91. The fourth-order valence-corrected chi connectivity index (χ4v) is 2.24.